The molecule has 6 heteroatoms. The first-order valence-corrected chi connectivity index (χ1v) is 8.77. The van der Waals surface area contributed by atoms with E-state index in [4.69, 9.17) is 15.2 Å². The summed E-state index contributed by atoms with van der Waals surface area (Å²) in [6.45, 7) is 3.51. The van der Waals surface area contributed by atoms with Gasteiger partial charge in [0.1, 0.15) is 0 Å². The summed E-state index contributed by atoms with van der Waals surface area (Å²) >= 11 is 1.79. The molecule has 0 saturated carbocycles. The lowest BCUT2D eigenvalue weighted by Gasteiger charge is -2.12. The number of methoxy groups -OCH3 is 2. The molecule has 0 aliphatic carbocycles. The summed E-state index contributed by atoms with van der Waals surface area (Å²) in [7, 11) is 3.24. The van der Waals surface area contributed by atoms with E-state index in [-0.39, 0.29) is 0 Å². The van der Waals surface area contributed by atoms with Crippen LogP contribution in [0.2, 0.25) is 0 Å². The Balaban J connectivity index is 1.83. The van der Waals surface area contributed by atoms with Gasteiger partial charge in [-0.3, -0.25) is 0 Å². The Kier molecular flexibility index (Phi) is 6.93. The van der Waals surface area contributed by atoms with E-state index in [2.05, 4.69) is 34.7 Å². The Morgan fingerprint density at radius 1 is 1.25 bits per heavy atom. The van der Waals surface area contributed by atoms with E-state index in [9.17, 15) is 0 Å². The molecule has 1 heterocycles. The van der Waals surface area contributed by atoms with Crippen molar-refractivity contribution in [3.8, 4) is 11.5 Å². The van der Waals surface area contributed by atoms with E-state index in [0.717, 1.165) is 18.5 Å². The third kappa shape index (κ3) is 5.45. The predicted molar refractivity (Wildman–Crippen MR) is 100 cm³/mol. The molecule has 0 fully saturated rings. The molecule has 0 radical (unpaired) electrons. The van der Waals surface area contributed by atoms with Gasteiger partial charge in [-0.1, -0.05) is 19.1 Å². The zero-order valence-corrected chi connectivity index (χ0v) is 15.2. The van der Waals surface area contributed by atoms with Gasteiger partial charge in [-0.05, 0) is 41.5 Å². The number of hydrogen-bond acceptors (Lipinski definition) is 4. The maximum Gasteiger partial charge on any atom is 0.188 e. The highest BCUT2D eigenvalue weighted by Gasteiger charge is 2.06. The van der Waals surface area contributed by atoms with Crippen molar-refractivity contribution in [2.45, 2.75) is 19.9 Å². The minimum Gasteiger partial charge on any atom is -0.493 e. The van der Waals surface area contributed by atoms with Gasteiger partial charge in [0.25, 0.3) is 0 Å². The summed E-state index contributed by atoms with van der Waals surface area (Å²) in [6, 6.07) is 9.98. The predicted octanol–water partition coefficient (Wildman–Crippen LogP) is 3.05. The molecule has 0 spiro atoms. The van der Waals surface area contributed by atoms with Crippen molar-refractivity contribution >= 4 is 17.3 Å². The van der Waals surface area contributed by atoms with Crippen LogP contribution >= 0.6 is 11.3 Å². The lowest BCUT2D eigenvalue weighted by atomic mass is 10.1. The summed E-state index contributed by atoms with van der Waals surface area (Å²) < 4.78 is 10.5. The second kappa shape index (κ2) is 9.17. The second-order valence-electron chi connectivity index (χ2n) is 5.66. The minimum absolute atomic E-state index is 0.461. The number of nitrogens with two attached hydrogens (primary N) is 1. The van der Waals surface area contributed by atoms with Gasteiger partial charge in [0.2, 0.25) is 0 Å². The van der Waals surface area contributed by atoms with Crippen LogP contribution in [0.4, 0.5) is 0 Å². The van der Waals surface area contributed by atoms with Crippen molar-refractivity contribution in [3.63, 3.8) is 0 Å². The summed E-state index contributed by atoms with van der Waals surface area (Å²) in [5.41, 5.74) is 6.97. The molecular weight excluding hydrogens is 322 g/mol. The normalized spacial score (nSPS) is 12.7. The molecule has 1 unspecified atom stereocenters. The Morgan fingerprint density at radius 2 is 2.04 bits per heavy atom. The number of benzene rings is 1. The monoisotopic (exact) mass is 347 g/mol. The number of nitrogens with zero attached hydrogens (tertiary/aromatic N) is 1. The molecule has 0 amide bonds. The van der Waals surface area contributed by atoms with Crippen LogP contribution in [-0.2, 0) is 13.0 Å². The van der Waals surface area contributed by atoms with E-state index < -0.39 is 0 Å². The molecule has 3 N–H and O–H groups in total. The Morgan fingerprint density at radius 3 is 2.71 bits per heavy atom. The smallest absolute Gasteiger partial charge is 0.188 e. The van der Waals surface area contributed by atoms with Crippen LogP contribution in [0.15, 0.2) is 40.7 Å². The number of nitrogens with one attached hydrogen (secondary N) is 1. The SMILES string of the molecule is COc1ccc(CN=C(N)NCC(C)Cc2cccs2)cc1OC. The van der Waals surface area contributed by atoms with Crippen molar-refractivity contribution < 1.29 is 9.47 Å². The number of rotatable bonds is 8. The fourth-order valence-corrected chi connectivity index (χ4v) is 3.20. The third-order valence-electron chi connectivity index (χ3n) is 3.64. The van der Waals surface area contributed by atoms with Crippen molar-refractivity contribution in [2.24, 2.45) is 16.6 Å². The maximum atomic E-state index is 5.96. The quantitative estimate of drug-likeness (QED) is 0.569. The highest BCUT2D eigenvalue weighted by molar-refractivity contribution is 7.09. The van der Waals surface area contributed by atoms with E-state index >= 15 is 0 Å². The number of ether oxygens (including phenoxy) is 2. The maximum absolute atomic E-state index is 5.96. The van der Waals surface area contributed by atoms with Gasteiger partial charge in [-0.25, -0.2) is 4.99 Å². The highest BCUT2D eigenvalue weighted by Crippen LogP contribution is 2.27. The summed E-state index contributed by atoms with van der Waals surface area (Å²) in [5.74, 6) is 2.36. The topological polar surface area (TPSA) is 68.9 Å². The van der Waals surface area contributed by atoms with Crippen molar-refractivity contribution in [1.29, 1.82) is 0 Å². The first-order chi connectivity index (χ1) is 11.6. The average molecular weight is 347 g/mol. The van der Waals surface area contributed by atoms with Gasteiger partial charge < -0.3 is 20.5 Å². The van der Waals surface area contributed by atoms with E-state index in [1.807, 2.05) is 18.2 Å². The van der Waals surface area contributed by atoms with Crippen LogP contribution in [0.3, 0.4) is 0 Å². The minimum atomic E-state index is 0.461. The number of guanidine groups is 1. The molecule has 0 aliphatic heterocycles. The Hall–Kier alpha value is -2.21. The highest BCUT2D eigenvalue weighted by atomic mass is 32.1. The van der Waals surface area contributed by atoms with Gasteiger partial charge in [0, 0.05) is 11.4 Å². The summed E-state index contributed by atoms with van der Waals surface area (Å²) in [5, 5.41) is 5.30. The standard InChI is InChI=1S/C18H25N3O2S/c1-13(9-15-5-4-8-24-15)11-20-18(19)21-12-14-6-7-16(22-2)17(10-14)23-3/h4-8,10,13H,9,11-12H2,1-3H3,(H3,19,20,21). The number of thiophene rings is 1. The van der Waals surface area contributed by atoms with Crippen molar-refractivity contribution in [1.82, 2.24) is 5.32 Å². The van der Waals surface area contributed by atoms with Crippen LogP contribution in [0.25, 0.3) is 0 Å². The fourth-order valence-electron chi connectivity index (χ4n) is 2.33. The fraction of sp³-hybridized carbons (Fsp3) is 0.389. The zero-order valence-electron chi connectivity index (χ0n) is 14.4. The molecule has 5 nitrogen and oxygen atoms in total. The molecule has 0 aliphatic rings. The number of hydrogen-bond donors (Lipinski definition) is 2. The lowest BCUT2D eigenvalue weighted by Crippen LogP contribution is -2.35. The summed E-state index contributed by atoms with van der Waals surface area (Å²) in [6.07, 6.45) is 1.05. The third-order valence-corrected chi connectivity index (χ3v) is 4.54. The molecule has 0 bridgehead atoms. The Bertz CT molecular complexity index is 656. The van der Waals surface area contributed by atoms with Crippen LogP contribution in [0, 0.1) is 5.92 Å². The largest absolute Gasteiger partial charge is 0.493 e. The lowest BCUT2D eigenvalue weighted by molar-refractivity contribution is 0.354. The molecule has 24 heavy (non-hydrogen) atoms. The van der Waals surface area contributed by atoms with Crippen LogP contribution in [-0.4, -0.2) is 26.7 Å². The molecule has 2 rings (SSSR count). The molecular formula is C18H25N3O2S. The van der Waals surface area contributed by atoms with Crippen LogP contribution < -0.4 is 20.5 Å². The molecule has 0 saturated heterocycles. The average Bonchev–Trinajstić information content (AvgIpc) is 3.10. The van der Waals surface area contributed by atoms with Crippen LogP contribution in [0.1, 0.15) is 17.4 Å². The Labute approximate surface area is 147 Å². The number of aliphatic imine (C=N–C) groups is 1. The molecule has 1 atom stereocenters. The second-order valence-corrected chi connectivity index (χ2v) is 6.69. The van der Waals surface area contributed by atoms with Gasteiger partial charge in [0.05, 0.1) is 20.8 Å². The molecule has 130 valence electrons. The van der Waals surface area contributed by atoms with Crippen molar-refractivity contribution in [3.05, 3.63) is 46.2 Å². The van der Waals surface area contributed by atoms with Crippen LogP contribution in [0.5, 0.6) is 11.5 Å². The van der Waals surface area contributed by atoms with Crippen molar-refractivity contribution in [2.75, 3.05) is 20.8 Å². The van der Waals surface area contributed by atoms with Gasteiger partial charge in [-0.15, -0.1) is 11.3 Å². The molecule has 1 aromatic heterocycles. The first-order valence-electron chi connectivity index (χ1n) is 7.89. The summed E-state index contributed by atoms with van der Waals surface area (Å²) in [4.78, 5) is 5.78. The van der Waals surface area contributed by atoms with E-state index in [0.29, 0.717) is 29.9 Å². The van der Waals surface area contributed by atoms with Gasteiger partial charge in [0.15, 0.2) is 17.5 Å². The van der Waals surface area contributed by atoms with E-state index in [1.54, 1.807) is 25.6 Å². The first kappa shape index (κ1) is 18.1. The zero-order chi connectivity index (χ0) is 17.4. The molecule has 2 aromatic rings. The molecule has 1 aromatic carbocycles. The van der Waals surface area contributed by atoms with E-state index in [1.165, 1.54) is 4.88 Å². The van der Waals surface area contributed by atoms with Gasteiger partial charge in [-0.2, -0.15) is 0 Å². The van der Waals surface area contributed by atoms with Gasteiger partial charge >= 0.3 is 0 Å².